The van der Waals surface area contributed by atoms with Gasteiger partial charge < -0.3 is 19.8 Å². The average Bonchev–Trinajstić information content (AvgIpc) is 3.25. The van der Waals surface area contributed by atoms with E-state index in [1.165, 1.54) is 19.4 Å². The number of halogens is 1. The van der Waals surface area contributed by atoms with Gasteiger partial charge in [0.15, 0.2) is 5.96 Å². The van der Waals surface area contributed by atoms with Crippen molar-refractivity contribution in [3.8, 4) is 0 Å². The summed E-state index contributed by atoms with van der Waals surface area (Å²) in [4.78, 5) is 11.5. The van der Waals surface area contributed by atoms with Crippen molar-refractivity contribution in [3.05, 3.63) is 17.8 Å². The molecule has 1 aromatic rings. The summed E-state index contributed by atoms with van der Waals surface area (Å²) in [5.41, 5.74) is -0.0382. The van der Waals surface area contributed by atoms with Crippen molar-refractivity contribution < 1.29 is 9.15 Å². The number of morpholine rings is 1. The van der Waals surface area contributed by atoms with Crippen LogP contribution in [-0.2, 0) is 16.7 Å². The topological polar surface area (TPSA) is 74.9 Å². The zero-order valence-electron chi connectivity index (χ0n) is 17.0. The van der Waals surface area contributed by atoms with E-state index in [-0.39, 0.29) is 35.5 Å². The third-order valence-corrected chi connectivity index (χ3v) is 4.97. The summed E-state index contributed by atoms with van der Waals surface area (Å²) in [5.74, 6) is 2.30. The standard InChI is InChI=1S/C19H33N5O2.HI/c1-5-20-18(23-11-17-21-10-16(26-17)19(2,3)4)22-9-15-12-24-8-6-7-14(24)13-25-15;/h10,14-15H,5-9,11-13H2,1-4H3,(H2,20,22,23);1H. The Kier molecular flexibility index (Phi) is 8.36. The van der Waals surface area contributed by atoms with Crippen molar-refractivity contribution in [2.24, 2.45) is 4.99 Å². The summed E-state index contributed by atoms with van der Waals surface area (Å²) in [6, 6.07) is 0.634. The highest BCUT2D eigenvalue weighted by Gasteiger charge is 2.32. The van der Waals surface area contributed by atoms with Gasteiger partial charge in [-0.3, -0.25) is 4.90 Å². The largest absolute Gasteiger partial charge is 0.443 e. The van der Waals surface area contributed by atoms with Crippen LogP contribution in [0, 0.1) is 0 Å². The van der Waals surface area contributed by atoms with Gasteiger partial charge in [-0.05, 0) is 26.3 Å². The molecule has 2 aliphatic heterocycles. The highest BCUT2D eigenvalue weighted by atomic mass is 127. The molecule has 2 N–H and O–H groups in total. The first-order valence-corrected chi connectivity index (χ1v) is 9.78. The van der Waals surface area contributed by atoms with E-state index in [1.54, 1.807) is 6.20 Å². The molecule has 1 aromatic heterocycles. The van der Waals surface area contributed by atoms with Crippen LogP contribution in [-0.4, -0.2) is 60.8 Å². The van der Waals surface area contributed by atoms with E-state index in [0.717, 1.165) is 38.0 Å². The van der Waals surface area contributed by atoms with Crippen molar-refractivity contribution in [1.82, 2.24) is 20.5 Å². The summed E-state index contributed by atoms with van der Waals surface area (Å²) in [6.45, 7) is 13.5. The predicted octanol–water partition coefficient (Wildman–Crippen LogP) is 2.51. The van der Waals surface area contributed by atoms with Crippen LogP contribution in [0.15, 0.2) is 15.6 Å². The molecule has 3 rings (SSSR count). The van der Waals surface area contributed by atoms with Crippen molar-refractivity contribution in [1.29, 1.82) is 0 Å². The minimum absolute atomic E-state index is 0. The van der Waals surface area contributed by atoms with Crippen LogP contribution in [0.25, 0.3) is 0 Å². The Bertz CT molecular complexity index is 613. The third-order valence-electron chi connectivity index (χ3n) is 4.97. The number of oxazole rings is 1. The lowest BCUT2D eigenvalue weighted by Crippen LogP contribution is -2.51. The fourth-order valence-corrected chi connectivity index (χ4v) is 3.44. The van der Waals surface area contributed by atoms with Crippen LogP contribution < -0.4 is 10.6 Å². The van der Waals surface area contributed by atoms with Crippen LogP contribution >= 0.6 is 24.0 Å². The first kappa shape index (κ1) is 22.4. The molecule has 0 aliphatic carbocycles. The smallest absolute Gasteiger partial charge is 0.216 e. The molecule has 0 radical (unpaired) electrons. The summed E-state index contributed by atoms with van der Waals surface area (Å²) in [7, 11) is 0. The monoisotopic (exact) mass is 491 g/mol. The normalized spacial score (nSPS) is 23.6. The molecule has 2 fully saturated rings. The molecule has 27 heavy (non-hydrogen) atoms. The van der Waals surface area contributed by atoms with Crippen molar-refractivity contribution in [2.75, 3.05) is 32.8 Å². The summed E-state index contributed by atoms with van der Waals surface area (Å²) in [5, 5.41) is 6.67. The number of guanidine groups is 1. The van der Waals surface area contributed by atoms with Gasteiger partial charge in [-0.15, -0.1) is 24.0 Å². The molecule has 7 nitrogen and oxygen atoms in total. The number of hydrogen-bond donors (Lipinski definition) is 2. The van der Waals surface area contributed by atoms with E-state index >= 15 is 0 Å². The number of nitrogens with zero attached hydrogens (tertiary/aromatic N) is 3. The van der Waals surface area contributed by atoms with Crippen LogP contribution in [0.3, 0.4) is 0 Å². The zero-order chi connectivity index (χ0) is 18.6. The molecule has 2 saturated heterocycles. The lowest BCUT2D eigenvalue weighted by atomic mass is 9.94. The van der Waals surface area contributed by atoms with Crippen LogP contribution in [0.5, 0.6) is 0 Å². The van der Waals surface area contributed by atoms with Crippen LogP contribution in [0.4, 0.5) is 0 Å². The van der Waals surface area contributed by atoms with Gasteiger partial charge in [-0.1, -0.05) is 20.8 Å². The van der Waals surface area contributed by atoms with Gasteiger partial charge in [0.1, 0.15) is 12.3 Å². The molecule has 0 spiro atoms. The minimum atomic E-state index is -0.0382. The molecule has 2 aliphatic rings. The molecular formula is C19H34IN5O2. The van der Waals surface area contributed by atoms with Crippen molar-refractivity contribution >= 4 is 29.9 Å². The molecule has 154 valence electrons. The van der Waals surface area contributed by atoms with E-state index in [1.807, 2.05) is 0 Å². The molecule has 0 saturated carbocycles. The Morgan fingerprint density at radius 1 is 1.37 bits per heavy atom. The molecule has 2 atom stereocenters. The number of fused-ring (bicyclic) bond motifs is 1. The molecule has 2 unspecified atom stereocenters. The van der Waals surface area contributed by atoms with Gasteiger partial charge in [-0.2, -0.15) is 0 Å². The number of aliphatic imine (C=N–C) groups is 1. The van der Waals surface area contributed by atoms with Gasteiger partial charge in [0.2, 0.25) is 5.89 Å². The number of aromatic nitrogens is 1. The van der Waals surface area contributed by atoms with E-state index < -0.39 is 0 Å². The molecule has 0 aromatic carbocycles. The van der Waals surface area contributed by atoms with Gasteiger partial charge in [-0.25, -0.2) is 9.98 Å². The fraction of sp³-hybridized carbons (Fsp3) is 0.789. The van der Waals surface area contributed by atoms with Gasteiger partial charge in [0.05, 0.1) is 18.9 Å². The van der Waals surface area contributed by atoms with Gasteiger partial charge in [0, 0.05) is 31.1 Å². The molecule has 3 heterocycles. The van der Waals surface area contributed by atoms with E-state index in [9.17, 15) is 0 Å². The number of rotatable bonds is 5. The predicted molar refractivity (Wildman–Crippen MR) is 118 cm³/mol. The first-order valence-electron chi connectivity index (χ1n) is 9.78. The number of nitrogens with one attached hydrogen (secondary N) is 2. The van der Waals surface area contributed by atoms with Crippen molar-refractivity contribution in [3.63, 3.8) is 0 Å². The van der Waals surface area contributed by atoms with E-state index in [4.69, 9.17) is 9.15 Å². The maximum absolute atomic E-state index is 6.01. The summed E-state index contributed by atoms with van der Waals surface area (Å²) >= 11 is 0. The van der Waals surface area contributed by atoms with E-state index in [0.29, 0.717) is 18.5 Å². The Morgan fingerprint density at radius 2 is 2.19 bits per heavy atom. The highest BCUT2D eigenvalue weighted by Crippen LogP contribution is 2.23. The first-order chi connectivity index (χ1) is 12.5. The summed E-state index contributed by atoms with van der Waals surface area (Å²) < 4.78 is 11.8. The Morgan fingerprint density at radius 3 is 2.89 bits per heavy atom. The Labute approximate surface area is 179 Å². The second-order valence-electron chi connectivity index (χ2n) is 8.19. The lowest BCUT2D eigenvalue weighted by molar-refractivity contribution is -0.0453. The molecule has 0 bridgehead atoms. The highest BCUT2D eigenvalue weighted by molar-refractivity contribution is 14.0. The average molecular weight is 491 g/mol. The number of ether oxygens (including phenoxy) is 1. The molecule has 8 heteroatoms. The number of hydrogen-bond acceptors (Lipinski definition) is 5. The fourth-order valence-electron chi connectivity index (χ4n) is 3.44. The lowest BCUT2D eigenvalue weighted by Gasteiger charge is -2.35. The maximum atomic E-state index is 6.01. The minimum Gasteiger partial charge on any atom is -0.443 e. The second kappa shape index (κ2) is 10.1. The molecule has 0 amide bonds. The van der Waals surface area contributed by atoms with Crippen LogP contribution in [0.2, 0.25) is 0 Å². The van der Waals surface area contributed by atoms with Crippen LogP contribution in [0.1, 0.15) is 52.2 Å². The Hall–Kier alpha value is -0.870. The zero-order valence-corrected chi connectivity index (χ0v) is 19.3. The van der Waals surface area contributed by atoms with Gasteiger partial charge in [0.25, 0.3) is 0 Å². The Balaban J connectivity index is 0.00000261. The summed E-state index contributed by atoms with van der Waals surface area (Å²) in [6.07, 6.45) is 4.58. The quantitative estimate of drug-likeness (QED) is 0.375. The molecular weight excluding hydrogens is 457 g/mol. The second-order valence-corrected chi connectivity index (χ2v) is 8.19. The maximum Gasteiger partial charge on any atom is 0.216 e. The van der Waals surface area contributed by atoms with Crippen molar-refractivity contribution in [2.45, 2.75) is 64.6 Å². The third kappa shape index (κ3) is 6.32. The van der Waals surface area contributed by atoms with E-state index in [2.05, 4.69) is 53.2 Å². The van der Waals surface area contributed by atoms with Gasteiger partial charge >= 0.3 is 0 Å². The SMILES string of the molecule is CCNC(=NCc1ncc(C(C)(C)C)o1)NCC1CN2CCCC2CO1.I.